The highest BCUT2D eigenvalue weighted by Gasteiger charge is 2.04. The molecular formula is C6H11NO4. The van der Waals surface area contributed by atoms with Crippen LogP contribution in [0.4, 0.5) is 0 Å². The Morgan fingerprint density at radius 3 is 2.82 bits per heavy atom. The Morgan fingerprint density at radius 1 is 1.73 bits per heavy atom. The van der Waals surface area contributed by atoms with Crippen molar-refractivity contribution in [3.8, 4) is 0 Å². The summed E-state index contributed by atoms with van der Waals surface area (Å²) in [5, 5.41) is 2.42. The van der Waals surface area contributed by atoms with E-state index in [0.29, 0.717) is 0 Å². The molecule has 5 heteroatoms. The third-order valence-electron chi connectivity index (χ3n) is 1.00. The molecule has 0 aromatic carbocycles. The summed E-state index contributed by atoms with van der Waals surface area (Å²) in [6.07, 6.45) is -0.363. The highest BCUT2D eigenvalue weighted by atomic mass is 16.5. The van der Waals surface area contributed by atoms with Crippen LogP contribution in [-0.4, -0.2) is 32.3 Å². The lowest BCUT2D eigenvalue weighted by atomic mass is 10.5. The molecule has 0 aliphatic heterocycles. The zero-order chi connectivity index (χ0) is 8.69. The summed E-state index contributed by atoms with van der Waals surface area (Å²) < 4.78 is 8.92. The average Bonchev–Trinajstić information content (AvgIpc) is 2.00. The van der Waals surface area contributed by atoms with Crippen LogP contribution in [0.1, 0.15) is 6.92 Å². The first-order chi connectivity index (χ1) is 5.20. The topological polar surface area (TPSA) is 64.6 Å². The zero-order valence-electron chi connectivity index (χ0n) is 6.49. The van der Waals surface area contributed by atoms with Gasteiger partial charge in [-0.25, -0.2) is 0 Å². The summed E-state index contributed by atoms with van der Waals surface area (Å²) in [7, 11) is 1.46. The van der Waals surface area contributed by atoms with E-state index in [2.05, 4.69) is 10.1 Å². The lowest BCUT2D eigenvalue weighted by Crippen LogP contribution is -2.36. The van der Waals surface area contributed by atoms with E-state index in [1.165, 1.54) is 7.11 Å². The Balaban J connectivity index is 3.43. The van der Waals surface area contributed by atoms with Crippen LogP contribution in [0.15, 0.2) is 0 Å². The highest BCUT2D eigenvalue weighted by Crippen LogP contribution is 1.80. The van der Waals surface area contributed by atoms with E-state index in [4.69, 9.17) is 4.74 Å². The lowest BCUT2D eigenvalue weighted by Gasteiger charge is -2.10. The first-order valence-corrected chi connectivity index (χ1v) is 3.08. The lowest BCUT2D eigenvalue weighted by molar-refractivity contribution is -0.139. The molecule has 0 aromatic rings. The Kier molecular flexibility index (Phi) is 5.10. The SMILES string of the molecule is COC(C)NC(=O)COC=O. The summed E-state index contributed by atoms with van der Waals surface area (Å²) in [5.41, 5.74) is 0. The van der Waals surface area contributed by atoms with Gasteiger partial charge >= 0.3 is 0 Å². The van der Waals surface area contributed by atoms with Gasteiger partial charge in [0.05, 0.1) is 0 Å². The van der Waals surface area contributed by atoms with Crippen molar-refractivity contribution in [2.45, 2.75) is 13.2 Å². The molecule has 0 spiro atoms. The van der Waals surface area contributed by atoms with Crippen molar-refractivity contribution in [1.29, 1.82) is 0 Å². The molecule has 0 aliphatic rings. The molecular weight excluding hydrogens is 150 g/mol. The Hall–Kier alpha value is -1.10. The van der Waals surface area contributed by atoms with Crippen LogP contribution < -0.4 is 5.32 Å². The first kappa shape index (κ1) is 9.90. The average molecular weight is 161 g/mol. The predicted molar refractivity (Wildman–Crippen MR) is 36.6 cm³/mol. The van der Waals surface area contributed by atoms with Gasteiger partial charge in [-0.2, -0.15) is 0 Å². The van der Waals surface area contributed by atoms with Crippen molar-refractivity contribution in [3.05, 3.63) is 0 Å². The van der Waals surface area contributed by atoms with Crippen molar-refractivity contribution in [3.63, 3.8) is 0 Å². The number of ether oxygens (including phenoxy) is 2. The number of carbonyl (C=O) groups is 2. The number of amides is 1. The van der Waals surface area contributed by atoms with Gasteiger partial charge < -0.3 is 14.8 Å². The van der Waals surface area contributed by atoms with Gasteiger partial charge in [-0.05, 0) is 6.92 Å². The van der Waals surface area contributed by atoms with Crippen LogP contribution in [0.25, 0.3) is 0 Å². The summed E-state index contributed by atoms with van der Waals surface area (Å²) in [5.74, 6) is -0.383. The van der Waals surface area contributed by atoms with Crippen LogP contribution in [0.5, 0.6) is 0 Å². The van der Waals surface area contributed by atoms with E-state index in [1.54, 1.807) is 6.92 Å². The second kappa shape index (κ2) is 5.67. The highest BCUT2D eigenvalue weighted by molar-refractivity contribution is 5.78. The maximum atomic E-state index is 10.7. The molecule has 1 atom stereocenters. The minimum Gasteiger partial charge on any atom is -0.458 e. The van der Waals surface area contributed by atoms with Gasteiger partial charge in [-0.3, -0.25) is 9.59 Å². The van der Waals surface area contributed by atoms with E-state index in [1.807, 2.05) is 0 Å². The number of hydrogen-bond acceptors (Lipinski definition) is 4. The van der Waals surface area contributed by atoms with Crippen molar-refractivity contribution < 1.29 is 19.1 Å². The van der Waals surface area contributed by atoms with Crippen molar-refractivity contribution in [1.82, 2.24) is 5.32 Å². The molecule has 1 unspecified atom stereocenters. The van der Waals surface area contributed by atoms with Crippen LogP contribution in [0.2, 0.25) is 0 Å². The Labute approximate surface area is 64.7 Å². The fourth-order valence-electron chi connectivity index (χ4n) is 0.437. The molecule has 0 radical (unpaired) electrons. The molecule has 1 amide bonds. The normalized spacial score (nSPS) is 11.8. The van der Waals surface area contributed by atoms with Gasteiger partial charge in [0.25, 0.3) is 12.4 Å². The van der Waals surface area contributed by atoms with E-state index in [0.717, 1.165) is 0 Å². The number of nitrogens with one attached hydrogen (secondary N) is 1. The molecule has 0 fully saturated rings. The molecule has 11 heavy (non-hydrogen) atoms. The maximum absolute atomic E-state index is 10.7. The second-order valence-electron chi connectivity index (χ2n) is 1.85. The van der Waals surface area contributed by atoms with E-state index < -0.39 is 0 Å². The van der Waals surface area contributed by atoms with Gasteiger partial charge in [0.2, 0.25) is 0 Å². The smallest absolute Gasteiger partial charge is 0.293 e. The van der Waals surface area contributed by atoms with Gasteiger partial charge in [0.15, 0.2) is 6.61 Å². The van der Waals surface area contributed by atoms with Crippen molar-refractivity contribution in [2.24, 2.45) is 0 Å². The third kappa shape index (κ3) is 5.35. The molecule has 1 N–H and O–H groups in total. The number of carbonyl (C=O) groups excluding carboxylic acids is 2. The van der Waals surface area contributed by atoms with E-state index >= 15 is 0 Å². The zero-order valence-corrected chi connectivity index (χ0v) is 6.49. The minimum atomic E-state index is -0.383. The number of methoxy groups -OCH3 is 1. The standard InChI is InChI=1S/C6H11NO4/c1-5(10-2)7-6(9)3-11-4-8/h4-5H,3H2,1-2H3,(H,7,9). The molecule has 0 saturated heterocycles. The molecule has 0 heterocycles. The van der Waals surface area contributed by atoms with Gasteiger partial charge in [0, 0.05) is 7.11 Å². The van der Waals surface area contributed by atoms with Gasteiger partial charge in [-0.15, -0.1) is 0 Å². The van der Waals surface area contributed by atoms with E-state index in [9.17, 15) is 9.59 Å². The first-order valence-electron chi connectivity index (χ1n) is 3.08. The Bertz CT molecular complexity index is 137. The monoisotopic (exact) mass is 161 g/mol. The molecule has 0 bridgehead atoms. The third-order valence-corrected chi connectivity index (χ3v) is 1.00. The van der Waals surface area contributed by atoms with Crippen LogP contribution in [0, 0.1) is 0 Å². The fraction of sp³-hybridized carbons (Fsp3) is 0.667. The second-order valence-corrected chi connectivity index (χ2v) is 1.85. The fourth-order valence-corrected chi connectivity index (χ4v) is 0.437. The molecule has 0 saturated carbocycles. The molecule has 5 nitrogen and oxygen atoms in total. The van der Waals surface area contributed by atoms with Crippen LogP contribution in [0.3, 0.4) is 0 Å². The Morgan fingerprint density at radius 2 is 2.36 bits per heavy atom. The maximum Gasteiger partial charge on any atom is 0.293 e. The molecule has 0 aromatic heterocycles. The molecule has 0 rings (SSSR count). The molecule has 0 aliphatic carbocycles. The minimum absolute atomic E-state index is 0.219. The van der Waals surface area contributed by atoms with Gasteiger partial charge in [-0.1, -0.05) is 0 Å². The predicted octanol–water partition coefficient (Wildman–Crippen LogP) is -0.732. The summed E-state index contributed by atoms with van der Waals surface area (Å²) in [6, 6.07) is 0. The van der Waals surface area contributed by atoms with Crippen molar-refractivity contribution >= 4 is 12.4 Å². The summed E-state index contributed by atoms with van der Waals surface area (Å²) >= 11 is 0. The van der Waals surface area contributed by atoms with E-state index in [-0.39, 0.29) is 25.2 Å². The summed E-state index contributed by atoms with van der Waals surface area (Å²) in [4.78, 5) is 20.3. The van der Waals surface area contributed by atoms with Crippen LogP contribution in [-0.2, 0) is 19.1 Å². The largest absolute Gasteiger partial charge is 0.458 e. The number of rotatable bonds is 5. The number of hydrogen-bond donors (Lipinski definition) is 1. The molecule has 64 valence electrons. The quantitative estimate of drug-likeness (QED) is 0.426. The van der Waals surface area contributed by atoms with Crippen molar-refractivity contribution in [2.75, 3.05) is 13.7 Å². The summed E-state index contributed by atoms with van der Waals surface area (Å²) in [6.45, 7) is 1.62. The van der Waals surface area contributed by atoms with Gasteiger partial charge in [0.1, 0.15) is 6.23 Å². The van der Waals surface area contributed by atoms with Crippen LogP contribution >= 0.6 is 0 Å².